The molecule has 11 rings (SSSR count). The molecule has 0 aromatic heterocycles. The Labute approximate surface area is 370 Å². The molecule has 10 aromatic rings. The summed E-state index contributed by atoms with van der Waals surface area (Å²) in [6, 6.07) is 88.2. The molecule has 0 radical (unpaired) electrons. The molecule has 0 saturated carbocycles. The van der Waals surface area contributed by atoms with Crippen LogP contribution in [0.5, 0.6) is 0 Å². The predicted molar refractivity (Wildman–Crippen MR) is 267 cm³/mol. The molecule has 0 heterocycles. The first-order valence-corrected chi connectivity index (χ1v) is 21.8. The molecular weight excluding hydrogens is 761 g/mol. The molecule has 1 aliphatic rings. The van der Waals surface area contributed by atoms with Crippen molar-refractivity contribution in [2.45, 2.75) is 19.3 Å². The van der Waals surface area contributed by atoms with Gasteiger partial charge in [0.2, 0.25) is 0 Å². The Bertz CT molecular complexity index is 3230. The fraction of sp³-hybridized carbons (Fsp3) is 0.0492. The summed E-state index contributed by atoms with van der Waals surface area (Å²) < 4.78 is 0. The first kappa shape index (κ1) is 38.0. The van der Waals surface area contributed by atoms with Crippen molar-refractivity contribution in [3.05, 3.63) is 254 Å². The lowest BCUT2D eigenvalue weighted by molar-refractivity contribution is 0.660. The van der Waals surface area contributed by atoms with Gasteiger partial charge in [0.25, 0.3) is 0 Å². The fourth-order valence-electron chi connectivity index (χ4n) is 9.69. The van der Waals surface area contributed by atoms with Crippen molar-refractivity contribution in [3.8, 4) is 44.5 Å². The minimum Gasteiger partial charge on any atom is -0.310 e. The summed E-state index contributed by atoms with van der Waals surface area (Å²) in [7, 11) is 0. The molecular formula is C61H46N2. The number of anilines is 6. The number of rotatable bonds is 9. The van der Waals surface area contributed by atoms with E-state index in [2.05, 4.69) is 266 Å². The number of para-hydroxylation sites is 1. The minimum absolute atomic E-state index is 0.0900. The molecule has 0 amide bonds. The zero-order valence-corrected chi connectivity index (χ0v) is 35.5. The smallest absolute Gasteiger partial charge is 0.0540 e. The van der Waals surface area contributed by atoms with Crippen molar-refractivity contribution in [2.24, 2.45) is 0 Å². The van der Waals surface area contributed by atoms with E-state index in [1.807, 2.05) is 0 Å². The zero-order chi connectivity index (χ0) is 42.3. The Kier molecular flexibility index (Phi) is 9.55. The van der Waals surface area contributed by atoms with Crippen LogP contribution in [-0.4, -0.2) is 0 Å². The van der Waals surface area contributed by atoms with Crippen molar-refractivity contribution < 1.29 is 0 Å². The normalized spacial score (nSPS) is 12.4. The van der Waals surface area contributed by atoms with Crippen molar-refractivity contribution in [1.29, 1.82) is 0 Å². The van der Waals surface area contributed by atoms with Crippen LogP contribution in [0.3, 0.4) is 0 Å². The van der Waals surface area contributed by atoms with Crippen molar-refractivity contribution in [2.75, 3.05) is 9.80 Å². The van der Waals surface area contributed by atoms with Gasteiger partial charge in [0.1, 0.15) is 0 Å². The van der Waals surface area contributed by atoms with Gasteiger partial charge in [-0.2, -0.15) is 0 Å². The average molecular weight is 807 g/mol. The van der Waals surface area contributed by atoms with E-state index in [0.29, 0.717) is 0 Å². The van der Waals surface area contributed by atoms with E-state index in [0.717, 1.165) is 34.1 Å². The van der Waals surface area contributed by atoms with Crippen molar-refractivity contribution >= 4 is 44.9 Å². The topological polar surface area (TPSA) is 6.48 Å². The molecule has 0 spiro atoms. The van der Waals surface area contributed by atoms with Gasteiger partial charge < -0.3 is 9.80 Å². The number of benzene rings is 10. The van der Waals surface area contributed by atoms with Crippen LogP contribution >= 0.6 is 0 Å². The van der Waals surface area contributed by atoms with Gasteiger partial charge in [0.05, 0.1) is 5.69 Å². The summed E-state index contributed by atoms with van der Waals surface area (Å²) in [5.74, 6) is 0. The van der Waals surface area contributed by atoms with E-state index < -0.39 is 0 Å². The molecule has 0 aliphatic heterocycles. The van der Waals surface area contributed by atoms with Crippen LogP contribution in [0.2, 0.25) is 0 Å². The highest BCUT2D eigenvalue weighted by atomic mass is 15.1. The van der Waals surface area contributed by atoms with E-state index in [9.17, 15) is 0 Å². The summed E-state index contributed by atoms with van der Waals surface area (Å²) in [5.41, 5.74) is 19.2. The van der Waals surface area contributed by atoms with E-state index in [-0.39, 0.29) is 5.41 Å². The van der Waals surface area contributed by atoms with E-state index in [1.165, 1.54) is 66.4 Å². The van der Waals surface area contributed by atoms with Crippen LogP contribution < -0.4 is 9.80 Å². The lowest BCUT2D eigenvalue weighted by atomic mass is 9.82. The number of hydrogen-bond acceptors (Lipinski definition) is 2. The Hall–Kier alpha value is -7.94. The summed E-state index contributed by atoms with van der Waals surface area (Å²) in [6.45, 7) is 4.70. The SMILES string of the molecule is CC1(C)c2ccccc2-c2ccc(N(c3ccccc3)c3ccc(-c4ccc(N(c5ccc(-c6ccccc6)cc5)c5cccc(-c6ccccc6)c5)c5ccccc45)cc3)cc21. The van der Waals surface area contributed by atoms with Crippen LogP contribution in [-0.2, 0) is 5.41 Å². The van der Waals surface area contributed by atoms with Crippen LogP contribution in [0.1, 0.15) is 25.0 Å². The maximum absolute atomic E-state index is 2.41. The Morgan fingerprint density at radius 3 is 1.44 bits per heavy atom. The van der Waals surface area contributed by atoms with Crippen LogP contribution in [0.25, 0.3) is 55.3 Å². The van der Waals surface area contributed by atoms with E-state index in [1.54, 1.807) is 0 Å². The largest absolute Gasteiger partial charge is 0.310 e. The Morgan fingerprint density at radius 1 is 0.270 bits per heavy atom. The molecule has 300 valence electrons. The molecule has 63 heavy (non-hydrogen) atoms. The first-order chi connectivity index (χ1) is 31.0. The Balaban J connectivity index is 0.998. The fourth-order valence-corrected chi connectivity index (χ4v) is 9.69. The summed E-state index contributed by atoms with van der Waals surface area (Å²) >= 11 is 0. The zero-order valence-electron chi connectivity index (χ0n) is 35.5. The standard InChI is InChI=1S/C61H46N2/c1-61(2)58-28-15-14-26-55(58)56-38-37-52(42-59(56)61)62(48-22-10-5-11-23-48)49-35-31-46(32-36-49)53-39-40-60(57-27-13-12-25-54(53)57)63(50-33-29-45(30-34-50)43-17-6-3-7-18-43)51-24-16-21-47(41-51)44-19-8-4-9-20-44/h3-42H,1-2H3. The average Bonchev–Trinajstić information content (AvgIpc) is 3.58. The highest BCUT2D eigenvalue weighted by Crippen LogP contribution is 2.51. The maximum atomic E-state index is 2.41. The first-order valence-electron chi connectivity index (χ1n) is 21.8. The molecule has 1 aliphatic carbocycles. The van der Waals surface area contributed by atoms with Crippen molar-refractivity contribution in [1.82, 2.24) is 0 Å². The second-order valence-corrected chi connectivity index (χ2v) is 17.0. The highest BCUT2D eigenvalue weighted by molar-refractivity contribution is 6.06. The van der Waals surface area contributed by atoms with Gasteiger partial charge in [-0.3, -0.25) is 0 Å². The molecule has 0 atom stereocenters. The summed E-state index contributed by atoms with van der Waals surface area (Å²) in [5, 5.41) is 2.39. The second kappa shape index (κ2) is 15.8. The predicted octanol–water partition coefficient (Wildman–Crippen LogP) is 17.1. The third-order valence-electron chi connectivity index (χ3n) is 12.9. The van der Waals surface area contributed by atoms with E-state index >= 15 is 0 Å². The Morgan fingerprint density at radius 2 is 0.730 bits per heavy atom. The van der Waals surface area contributed by atoms with Crippen LogP contribution in [0.15, 0.2) is 243 Å². The van der Waals surface area contributed by atoms with Gasteiger partial charge in [-0.05, 0) is 128 Å². The summed E-state index contributed by atoms with van der Waals surface area (Å²) in [6.07, 6.45) is 0. The van der Waals surface area contributed by atoms with E-state index in [4.69, 9.17) is 0 Å². The lowest BCUT2D eigenvalue weighted by Crippen LogP contribution is -2.16. The molecule has 2 nitrogen and oxygen atoms in total. The number of fused-ring (bicyclic) bond motifs is 4. The van der Waals surface area contributed by atoms with Gasteiger partial charge in [-0.15, -0.1) is 0 Å². The van der Waals surface area contributed by atoms with Crippen LogP contribution in [0.4, 0.5) is 34.1 Å². The molecule has 0 unspecified atom stereocenters. The third-order valence-corrected chi connectivity index (χ3v) is 12.9. The van der Waals surface area contributed by atoms with Crippen LogP contribution in [0, 0.1) is 0 Å². The number of nitrogens with zero attached hydrogens (tertiary/aromatic N) is 2. The minimum atomic E-state index is -0.0900. The molecule has 0 bridgehead atoms. The van der Waals surface area contributed by atoms with Gasteiger partial charge in [-0.1, -0.05) is 190 Å². The number of hydrogen-bond donors (Lipinski definition) is 0. The van der Waals surface area contributed by atoms with Gasteiger partial charge >= 0.3 is 0 Å². The highest BCUT2D eigenvalue weighted by Gasteiger charge is 2.35. The third kappa shape index (κ3) is 6.87. The van der Waals surface area contributed by atoms with Crippen molar-refractivity contribution in [3.63, 3.8) is 0 Å². The molecule has 0 N–H and O–H groups in total. The quantitative estimate of drug-likeness (QED) is 0.143. The molecule has 10 aromatic carbocycles. The monoisotopic (exact) mass is 806 g/mol. The molecule has 0 fully saturated rings. The lowest BCUT2D eigenvalue weighted by Gasteiger charge is -2.29. The van der Waals surface area contributed by atoms with Gasteiger partial charge in [0.15, 0.2) is 0 Å². The summed E-state index contributed by atoms with van der Waals surface area (Å²) in [4.78, 5) is 4.79. The van der Waals surface area contributed by atoms with Gasteiger partial charge in [-0.25, -0.2) is 0 Å². The van der Waals surface area contributed by atoms with Gasteiger partial charge in [0, 0.05) is 39.2 Å². The molecule has 0 saturated heterocycles. The maximum Gasteiger partial charge on any atom is 0.0540 e. The second-order valence-electron chi connectivity index (χ2n) is 17.0. The molecule has 2 heteroatoms.